The van der Waals surface area contributed by atoms with Crippen LogP contribution in [0.2, 0.25) is 0 Å². The summed E-state index contributed by atoms with van der Waals surface area (Å²) >= 11 is 0. The van der Waals surface area contributed by atoms with Crippen molar-refractivity contribution in [3.8, 4) is 0 Å². The average Bonchev–Trinajstić information content (AvgIpc) is 3.18. The van der Waals surface area contributed by atoms with E-state index in [0.717, 1.165) is 0 Å². The number of hydrogen-bond acceptors (Lipinski definition) is 6. The van der Waals surface area contributed by atoms with Crippen LogP contribution in [0.5, 0.6) is 0 Å². The molecule has 1 saturated heterocycles. The number of non-ortho nitro benzene ring substituents is 1. The van der Waals surface area contributed by atoms with Gasteiger partial charge in [-0.15, -0.1) is 0 Å². The Bertz CT molecular complexity index is 526. The lowest BCUT2D eigenvalue weighted by atomic mass is 10.2. The number of benzene rings is 1. The van der Waals surface area contributed by atoms with Gasteiger partial charge in [0.25, 0.3) is 11.6 Å². The maximum absolute atomic E-state index is 11.6. The van der Waals surface area contributed by atoms with Crippen LogP contribution >= 0.6 is 0 Å². The third-order valence-corrected chi connectivity index (χ3v) is 2.53. The van der Waals surface area contributed by atoms with E-state index in [1.807, 2.05) is 0 Å². The summed E-state index contributed by atoms with van der Waals surface area (Å²) < 4.78 is 9.30. The second kappa shape index (κ2) is 5.02. The van der Waals surface area contributed by atoms with Crippen LogP contribution < -0.4 is 5.32 Å². The van der Waals surface area contributed by atoms with Crippen LogP contribution in [0.15, 0.2) is 24.3 Å². The summed E-state index contributed by atoms with van der Waals surface area (Å²) in [4.78, 5) is 32.6. The molecule has 0 radical (unpaired) electrons. The van der Waals surface area contributed by atoms with E-state index >= 15 is 0 Å². The van der Waals surface area contributed by atoms with Gasteiger partial charge in [0.1, 0.15) is 0 Å². The second-order valence-corrected chi connectivity index (χ2v) is 3.79. The van der Waals surface area contributed by atoms with Crippen LogP contribution in [0.3, 0.4) is 0 Å². The highest BCUT2D eigenvalue weighted by molar-refractivity contribution is 6.00. The molecule has 1 aliphatic heterocycles. The minimum atomic E-state index is -0.873. The van der Waals surface area contributed by atoms with Crippen LogP contribution in [0, 0.1) is 10.1 Å². The molecular weight excluding hydrogens is 256 g/mol. The number of ether oxygens (including phenoxy) is 2. The van der Waals surface area contributed by atoms with Crippen molar-refractivity contribution in [3.05, 3.63) is 34.4 Å². The molecular formula is C11H10N2O6. The molecule has 0 bridgehead atoms. The fourth-order valence-electron chi connectivity index (χ4n) is 1.49. The number of carbonyl (C=O) groups excluding carboxylic acids is 2. The summed E-state index contributed by atoms with van der Waals surface area (Å²) in [5, 5.41) is 12.9. The minimum absolute atomic E-state index is 0.0758. The number of nitro groups is 1. The first-order chi connectivity index (χ1) is 9.02. The maximum atomic E-state index is 11.6. The maximum Gasteiger partial charge on any atom is 0.338 e. The molecule has 8 heteroatoms. The number of hydrogen-bond donors (Lipinski definition) is 1. The van der Waals surface area contributed by atoms with Gasteiger partial charge in [-0.3, -0.25) is 14.9 Å². The van der Waals surface area contributed by atoms with Crippen molar-refractivity contribution in [3.63, 3.8) is 0 Å². The highest BCUT2D eigenvalue weighted by atomic mass is 16.6. The topological polar surface area (TPSA) is 111 Å². The lowest BCUT2D eigenvalue weighted by Gasteiger charge is -2.02. The Kier molecular flexibility index (Phi) is 3.43. The standard InChI is InChI=1S/C11H10N2O6/c1-18-11(15)9-8(19-9)10(14)12-6-2-4-7(5-3-6)13(16)17/h2-5,8-9H,1H3,(H,12,14). The number of esters is 1. The number of nitrogens with zero attached hydrogens (tertiary/aromatic N) is 1. The summed E-state index contributed by atoms with van der Waals surface area (Å²) in [6.45, 7) is 0. The quantitative estimate of drug-likeness (QED) is 0.367. The molecule has 100 valence electrons. The fraction of sp³-hybridized carbons (Fsp3) is 0.273. The van der Waals surface area contributed by atoms with E-state index in [2.05, 4.69) is 10.1 Å². The van der Waals surface area contributed by atoms with Gasteiger partial charge in [-0.1, -0.05) is 0 Å². The normalized spacial score (nSPS) is 20.5. The van der Waals surface area contributed by atoms with Crippen molar-refractivity contribution < 1.29 is 24.0 Å². The van der Waals surface area contributed by atoms with Crippen LogP contribution in [-0.4, -0.2) is 36.1 Å². The van der Waals surface area contributed by atoms with E-state index in [0.29, 0.717) is 5.69 Å². The van der Waals surface area contributed by atoms with E-state index in [1.54, 1.807) is 0 Å². The van der Waals surface area contributed by atoms with Gasteiger partial charge in [-0.2, -0.15) is 0 Å². The zero-order valence-corrected chi connectivity index (χ0v) is 9.86. The van der Waals surface area contributed by atoms with Crippen molar-refractivity contribution >= 4 is 23.3 Å². The molecule has 8 nitrogen and oxygen atoms in total. The molecule has 2 unspecified atom stereocenters. The first-order valence-electron chi connectivity index (χ1n) is 5.31. The van der Waals surface area contributed by atoms with E-state index in [1.165, 1.54) is 31.4 Å². The van der Waals surface area contributed by atoms with Gasteiger partial charge in [0.05, 0.1) is 12.0 Å². The monoisotopic (exact) mass is 266 g/mol. The van der Waals surface area contributed by atoms with E-state index in [9.17, 15) is 19.7 Å². The van der Waals surface area contributed by atoms with Crippen molar-refractivity contribution in [2.45, 2.75) is 12.2 Å². The van der Waals surface area contributed by atoms with Gasteiger partial charge >= 0.3 is 5.97 Å². The average molecular weight is 266 g/mol. The molecule has 1 amide bonds. The summed E-state index contributed by atoms with van der Waals surface area (Å²) in [5.41, 5.74) is 0.308. The third kappa shape index (κ3) is 2.86. The number of methoxy groups -OCH3 is 1. The summed E-state index contributed by atoms with van der Waals surface area (Å²) in [5.74, 6) is -1.10. The number of carbonyl (C=O) groups is 2. The number of anilines is 1. The van der Waals surface area contributed by atoms with Crippen molar-refractivity contribution in [2.24, 2.45) is 0 Å². The Balaban J connectivity index is 1.93. The van der Waals surface area contributed by atoms with Crippen LogP contribution in [0.25, 0.3) is 0 Å². The summed E-state index contributed by atoms with van der Waals surface area (Å²) in [7, 11) is 1.20. The first kappa shape index (κ1) is 13.0. The summed E-state index contributed by atoms with van der Waals surface area (Å²) in [6.07, 6.45) is -1.74. The SMILES string of the molecule is COC(=O)C1OC1C(=O)Nc1ccc([N+](=O)[O-])cc1. The Morgan fingerprint density at radius 2 is 1.95 bits per heavy atom. The fourth-order valence-corrected chi connectivity index (χ4v) is 1.49. The molecule has 0 saturated carbocycles. The van der Waals surface area contributed by atoms with Gasteiger partial charge in [0.15, 0.2) is 12.2 Å². The smallest absolute Gasteiger partial charge is 0.338 e. The number of nitro benzene ring substituents is 1. The number of epoxide rings is 1. The Labute approximate surface area is 107 Å². The molecule has 1 aromatic carbocycles. The van der Waals surface area contributed by atoms with Gasteiger partial charge < -0.3 is 14.8 Å². The van der Waals surface area contributed by atoms with E-state index in [-0.39, 0.29) is 5.69 Å². The molecule has 2 atom stereocenters. The van der Waals surface area contributed by atoms with E-state index in [4.69, 9.17) is 4.74 Å². The van der Waals surface area contributed by atoms with Crippen LogP contribution in [0.4, 0.5) is 11.4 Å². The molecule has 0 spiro atoms. The number of nitrogens with one attached hydrogen (secondary N) is 1. The van der Waals surface area contributed by atoms with Gasteiger partial charge in [0, 0.05) is 17.8 Å². The molecule has 0 aromatic heterocycles. The summed E-state index contributed by atoms with van der Waals surface area (Å²) in [6, 6.07) is 5.32. The first-order valence-corrected chi connectivity index (χ1v) is 5.31. The molecule has 19 heavy (non-hydrogen) atoms. The Morgan fingerprint density at radius 3 is 2.47 bits per heavy atom. The Hall–Kier alpha value is -2.48. The van der Waals surface area contributed by atoms with Crippen molar-refractivity contribution in [1.82, 2.24) is 0 Å². The van der Waals surface area contributed by atoms with Crippen LogP contribution in [0.1, 0.15) is 0 Å². The predicted molar refractivity (Wildman–Crippen MR) is 62.4 cm³/mol. The second-order valence-electron chi connectivity index (χ2n) is 3.79. The molecule has 1 aliphatic rings. The zero-order chi connectivity index (χ0) is 14.0. The predicted octanol–water partition coefficient (Wildman–Crippen LogP) is 0.474. The van der Waals surface area contributed by atoms with Crippen molar-refractivity contribution in [2.75, 3.05) is 12.4 Å². The highest BCUT2D eigenvalue weighted by Gasteiger charge is 2.51. The Morgan fingerprint density at radius 1 is 1.32 bits per heavy atom. The van der Waals surface area contributed by atoms with Gasteiger partial charge in [-0.05, 0) is 12.1 Å². The van der Waals surface area contributed by atoms with Gasteiger partial charge in [0.2, 0.25) is 0 Å². The lowest BCUT2D eigenvalue weighted by Crippen LogP contribution is -2.23. The van der Waals surface area contributed by atoms with Gasteiger partial charge in [-0.25, -0.2) is 4.79 Å². The number of rotatable bonds is 4. The molecule has 1 heterocycles. The number of amides is 1. The molecule has 1 N–H and O–H groups in total. The van der Waals surface area contributed by atoms with E-state index < -0.39 is 29.0 Å². The van der Waals surface area contributed by atoms with Crippen molar-refractivity contribution in [1.29, 1.82) is 0 Å². The zero-order valence-electron chi connectivity index (χ0n) is 9.86. The largest absolute Gasteiger partial charge is 0.467 e. The highest BCUT2D eigenvalue weighted by Crippen LogP contribution is 2.25. The molecule has 1 aromatic rings. The lowest BCUT2D eigenvalue weighted by molar-refractivity contribution is -0.384. The minimum Gasteiger partial charge on any atom is -0.467 e. The molecule has 2 rings (SSSR count). The molecule has 1 fully saturated rings. The molecule has 0 aliphatic carbocycles. The van der Waals surface area contributed by atoms with Crippen LogP contribution in [-0.2, 0) is 19.1 Å². The third-order valence-electron chi connectivity index (χ3n) is 2.53.